The molecule has 156 valence electrons. The zero-order chi connectivity index (χ0) is 19.8. The number of hydrogen-bond acceptors (Lipinski definition) is 4. The second-order valence-electron chi connectivity index (χ2n) is 7.80. The second-order valence-corrected chi connectivity index (χ2v) is 7.80. The van der Waals surface area contributed by atoms with Crippen molar-refractivity contribution in [1.82, 2.24) is 15.5 Å². The topological polar surface area (TPSA) is 58.1 Å². The van der Waals surface area contributed by atoms with Crippen molar-refractivity contribution in [3.8, 4) is 5.75 Å². The number of rotatable bonds is 7. The van der Waals surface area contributed by atoms with Crippen molar-refractivity contribution in [2.75, 3.05) is 39.9 Å². The monoisotopic (exact) mass is 388 g/mol. The average molecular weight is 389 g/mol. The van der Waals surface area contributed by atoms with Crippen molar-refractivity contribution >= 4 is 5.96 Å². The lowest BCUT2D eigenvalue weighted by atomic mass is 10.0. The molecule has 0 aliphatic carbocycles. The zero-order valence-electron chi connectivity index (χ0n) is 17.7. The fourth-order valence-corrected chi connectivity index (χ4v) is 4.02. The number of likely N-dealkylation sites (N-methyl/N-ethyl adjacent to an activating group) is 1. The van der Waals surface area contributed by atoms with Gasteiger partial charge in [0.2, 0.25) is 0 Å². The lowest BCUT2D eigenvalue weighted by Gasteiger charge is -2.35. The quantitative estimate of drug-likeness (QED) is 0.556. The Hall–Kier alpha value is -1.79. The Morgan fingerprint density at radius 1 is 1.29 bits per heavy atom. The van der Waals surface area contributed by atoms with E-state index in [0.29, 0.717) is 19.2 Å². The van der Waals surface area contributed by atoms with Crippen LogP contribution in [0.5, 0.6) is 5.75 Å². The third-order valence-electron chi connectivity index (χ3n) is 5.73. The number of nitrogens with one attached hydrogen (secondary N) is 2. The van der Waals surface area contributed by atoms with Gasteiger partial charge in [0.15, 0.2) is 5.96 Å². The lowest BCUT2D eigenvalue weighted by molar-refractivity contribution is 0.140. The molecule has 0 bridgehead atoms. The van der Waals surface area contributed by atoms with Gasteiger partial charge in [0.25, 0.3) is 0 Å². The molecule has 0 amide bonds. The molecule has 0 spiro atoms. The van der Waals surface area contributed by atoms with Crippen LogP contribution in [-0.4, -0.2) is 62.9 Å². The molecule has 1 aromatic rings. The van der Waals surface area contributed by atoms with Gasteiger partial charge in [-0.25, -0.2) is 0 Å². The van der Waals surface area contributed by atoms with Crippen molar-refractivity contribution in [2.45, 2.75) is 58.2 Å². The highest BCUT2D eigenvalue weighted by molar-refractivity contribution is 5.79. The largest absolute Gasteiger partial charge is 0.488 e. The van der Waals surface area contributed by atoms with Crippen LogP contribution < -0.4 is 15.4 Å². The standard InChI is InChI=1S/C22H36N4O2/c1-4-26-11-6-5-7-19(26)15-25-22(23-3)24-14-18-9-8-17(2)13-21(18)28-20-10-12-27-16-20/h8-9,13,19-20H,4-7,10-12,14-16H2,1-3H3,(H2,23,24,25). The molecule has 2 aliphatic rings. The smallest absolute Gasteiger partial charge is 0.191 e. The minimum absolute atomic E-state index is 0.157. The van der Waals surface area contributed by atoms with E-state index in [0.717, 1.165) is 43.4 Å². The summed E-state index contributed by atoms with van der Waals surface area (Å²) in [5, 5.41) is 6.97. The average Bonchev–Trinajstić information content (AvgIpc) is 3.22. The molecule has 0 aromatic heterocycles. The van der Waals surface area contributed by atoms with Crippen molar-refractivity contribution in [3.63, 3.8) is 0 Å². The molecule has 1 aromatic carbocycles. The normalized spacial score (nSPS) is 23.6. The number of piperidine rings is 1. The molecular formula is C22H36N4O2. The van der Waals surface area contributed by atoms with Gasteiger partial charge in [-0.15, -0.1) is 0 Å². The van der Waals surface area contributed by atoms with Gasteiger partial charge in [-0.2, -0.15) is 0 Å². The first-order valence-corrected chi connectivity index (χ1v) is 10.7. The van der Waals surface area contributed by atoms with Crippen LogP contribution in [0.2, 0.25) is 0 Å². The third-order valence-corrected chi connectivity index (χ3v) is 5.73. The van der Waals surface area contributed by atoms with Crippen LogP contribution in [0.3, 0.4) is 0 Å². The van der Waals surface area contributed by atoms with Crippen LogP contribution in [0.1, 0.15) is 43.7 Å². The van der Waals surface area contributed by atoms with E-state index >= 15 is 0 Å². The number of aliphatic imine (C=N–C) groups is 1. The molecule has 3 rings (SSSR count). The van der Waals surface area contributed by atoms with Crippen LogP contribution in [0, 0.1) is 6.92 Å². The first kappa shape index (κ1) is 20.9. The van der Waals surface area contributed by atoms with Crippen molar-refractivity contribution < 1.29 is 9.47 Å². The minimum atomic E-state index is 0.157. The molecule has 2 heterocycles. The van der Waals surface area contributed by atoms with Gasteiger partial charge < -0.3 is 20.1 Å². The van der Waals surface area contributed by atoms with Gasteiger partial charge in [-0.1, -0.05) is 25.5 Å². The van der Waals surface area contributed by atoms with Crippen molar-refractivity contribution in [1.29, 1.82) is 0 Å². The number of likely N-dealkylation sites (tertiary alicyclic amines) is 1. The molecule has 2 N–H and O–H groups in total. The predicted molar refractivity (Wildman–Crippen MR) is 114 cm³/mol. The Labute approximate surface area is 169 Å². The Morgan fingerprint density at radius 3 is 2.93 bits per heavy atom. The van der Waals surface area contributed by atoms with Gasteiger partial charge in [0, 0.05) is 38.2 Å². The summed E-state index contributed by atoms with van der Waals surface area (Å²) in [6.45, 7) is 9.77. The maximum absolute atomic E-state index is 6.21. The van der Waals surface area contributed by atoms with Crippen LogP contribution in [0.15, 0.2) is 23.2 Å². The first-order valence-electron chi connectivity index (χ1n) is 10.7. The molecular weight excluding hydrogens is 352 g/mol. The van der Waals surface area contributed by atoms with Crippen LogP contribution >= 0.6 is 0 Å². The maximum atomic E-state index is 6.21. The Bertz CT molecular complexity index is 643. The summed E-state index contributed by atoms with van der Waals surface area (Å²) >= 11 is 0. The second kappa shape index (κ2) is 10.7. The van der Waals surface area contributed by atoms with E-state index in [1.165, 1.54) is 31.4 Å². The molecule has 6 heteroatoms. The van der Waals surface area contributed by atoms with Crippen LogP contribution in [0.4, 0.5) is 0 Å². The maximum Gasteiger partial charge on any atom is 0.191 e. The molecule has 2 aliphatic heterocycles. The molecule has 0 saturated carbocycles. The van der Waals surface area contributed by atoms with E-state index in [4.69, 9.17) is 9.47 Å². The van der Waals surface area contributed by atoms with Gasteiger partial charge in [0.05, 0.1) is 13.2 Å². The van der Waals surface area contributed by atoms with E-state index in [1.54, 1.807) is 0 Å². The number of nitrogens with zero attached hydrogens (tertiary/aromatic N) is 2. The van der Waals surface area contributed by atoms with Gasteiger partial charge in [0.1, 0.15) is 11.9 Å². The fraction of sp³-hybridized carbons (Fsp3) is 0.682. The van der Waals surface area contributed by atoms with E-state index in [9.17, 15) is 0 Å². The summed E-state index contributed by atoms with van der Waals surface area (Å²) in [4.78, 5) is 6.97. The number of aryl methyl sites for hydroxylation is 1. The molecule has 0 radical (unpaired) electrons. The van der Waals surface area contributed by atoms with Gasteiger partial charge >= 0.3 is 0 Å². The highest BCUT2D eigenvalue weighted by Gasteiger charge is 2.21. The third kappa shape index (κ3) is 5.85. The number of guanidine groups is 1. The summed E-state index contributed by atoms with van der Waals surface area (Å²) < 4.78 is 11.7. The summed E-state index contributed by atoms with van der Waals surface area (Å²) in [5.74, 6) is 1.79. The molecule has 2 unspecified atom stereocenters. The van der Waals surface area contributed by atoms with Crippen molar-refractivity contribution in [2.24, 2.45) is 4.99 Å². The molecule has 2 fully saturated rings. The van der Waals surface area contributed by atoms with Crippen molar-refractivity contribution in [3.05, 3.63) is 29.3 Å². The van der Waals surface area contributed by atoms with Gasteiger partial charge in [-0.3, -0.25) is 9.89 Å². The molecule has 2 atom stereocenters. The molecule has 28 heavy (non-hydrogen) atoms. The molecule has 2 saturated heterocycles. The predicted octanol–water partition coefficient (Wildman–Crippen LogP) is 2.70. The van der Waals surface area contributed by atoms with E-state index < -0.39 is 0 Å². The Kier molecular flexibility index (Phi) is 7.98. The summed E-state index contributed by atoms with van der Waals surface area (Å²) in [5.41, 5.74) is 2.35. The van der Waals surface area contributed by atoms with E-state index in [-0.39, 0.29) is 6.10 Å². The summed E-state index contributed by atoms with van der Waals surface area (Å²) in [7, 11) is 1.83. The highest BCUT2D eigenvalue weighted by Crippen LogP contribution is 2.24. The van der Waals surface area contributed by atoms with Crippen LogP contribution in [-0.2, 0) is 11.3 Å². The zero-order valence-corrected chi connectivity index (χ0v) is 17.7. The number of hydrogen-bond donors (Lipinski definition) is 2. The first-order chi connectivity index (χ1) is 13.7. The summed E-state index contributed by atoms with van der Waals surface area (Å²) in [6.07, 6.45) is 5.02. The van der Waals surface area contributed by atoms with E-state index in [1.807, 2.05) is 7.05 Å². The summed E-state index contributed by atoms with van der Waals surface area (Å²) in [6, 6.07) is 6.98. The number of benzene rings is 1. The Balaban J connectivity index is 1.54. The van der Waals surface area contributed by atoms with E-state index in [2.05, 4.69) is 52.6 Å². The Morgan fingerprint density at radius 2 is 2.18 bits per heavy atom. The fourth-order valence-electron chi connectivity index (χ4n) is 4.02. The minimum Gasteiger partial charge on any atom is -0.488 e. The highest BCUT2D eigenvalue weighted by atomic mass is 16.5. The van der Waals surface area contributed by atoms with Gasteiger partial charge in [-0.05, 0) is 44.5 Å². The number of ether oxygens (including phenoxy) is 2. The van der Waals surface area contributed by atoms with Crippen LogP contribution in [0.25, 0.3) is 0 Å². The SMILES string of the molecule is CCN1CCCCC1CNC(=NC)NCc1ccc(C)cc1OC1CCOC1. The lowest BCUT2D eigenvalue weighted by Crippen LogP contribution is -2.48. The molecule has 6 nitrogen and oxygen atoms in total.